The van der Waals surface area contributed by atoms with E-state index >= 15 is 0 Å². The van der Waals surface area contributed by atoms with E-state index in [4.69, 9.17) is 14.2 Å². The van der Waals surface area contributed by atoms with Gasteiger partial charge in [-0.1, -0.05) is 241 Å². The van der Waals surface area contributed by atoms with E-state index in [0.29, 0.717) is 19.3 Å². The van der Waals surface area contributed by atoms with Crippen LogP contribution in [0, 0.1) is 0 Å². The van der Waals surface area contributed by atoms with Crippen LogP contribution < -0.4 is 0 Å². The molecule has 0 heterocycles. The number of carbonyl (C=O) groups excluding carboxylic acids is 3. The van der Waals surface area contributed by atoms with Crippen molar-refractivity contribution >= 4 is 17.9 Å². The number of rotatable bonds is 48. The third kappa shape index (κ3) is 49.9. The van der Waals surface area contributed by atoms with Crippen molar-refractivity contribution in [3.8, 4) is 0 Å². The molecule has 0 aliphatic heterocycles. The van der Waals surface area contributed by atoms with E-state index in [1.165, 1.54) is 116 Å². The number of ether oxygens (including phenoxy) is 3. The zero-order valence-electron chi connectivity index (χ0n) is 42.0. The van der Waals surface area contributed by atoms with Gasteiger partial charge in [0.1, 0.15) is 13.2 Å². The number of hydrogen-bond donors (Lipinski definition) is 0. The first-order chi connectivity index (χ1) is 31.5. The summed E-state index contributed by atoms with van der Waals surface area (Å²) in [4.78, 5) is 38.0. The van der Waals surface area contributed by atoms with Crippen molar-refractivity contribution in [1.82, 2.24) is 0 Å². The first kappa shape index (κ1) is 60.9. The van der Waals surface area contributed by atoms with Gasteiger partial charge in [0, 0.05) is 19.3 Å². The second kappa shape index (κ2) is 52.5. The number of esters is 3. The molecule has 0 rings (SSSR count). The van der Waals surface area contributed by atoms with Gasteiger partial charge in [-0.2, -0.15) is 0 Å². The Morgan fingerprint density at radius 2 is 0.672 bits per heavy atom. The summed E-state index contributed by atoms with van der Waals surface area (Å²) in [5, 5.41) is 0. The van der Waals surface area contributed by atoms with Crippen molar-refractivity contribution in [1.29, 1.82) is 0 Å². The molecule has 0 radical (unpaired) electrons. The lowest BCUT2D eigenvalue weighted by atomic mass is 10.0. The van der Waals surface area contributed by atoms with Gasteiger partial charge in [0.15, 0.2) is 6.10 Å². The fourth-order valence-corrected chi connectivity index (χ4v) is 7.44. The van der Waals surface area contributed by atoms with Gasteiger partial charge in [0.2, 0.25) is 0 Å². The molecule has 0 bridgehead atoms. The lowest BCUT2D eigenvalue weighted by Gasteiger charge is -2.18. The Morgan fingerprint density at radius 3 is 1.08 bits per heavy atom. The lowest BCUT2D eigenvalue weighted by molar-refractivity contribution is -0.166. The summed E-state index contributed by atoms with van der Waals surface area (Å²) in [6.45, 7) is 6.40. The van der Waals surface area contributed by atoms with Crippen LogP contribution >= 0.6 is 0 Å². The second-order valence-electron chi connectivity index (χ2n) is 17.8. The predicted octanol–water partition coefficient (Wildman–Crippen LogP) is 17.8. The lowest BCUT2D eigenvalue weighted by Crippen LogP contribution is -2.30. The maximum absolute atomic E-state index is 12.7. The van der Waals surface area contributed by atoms with Gasteiger partial charge in [0.05, 0.1) is 0 Å². The summed E-state index contributed by atoms with van der Waals surface area (Å²) in [7, 11) is 0. The molecule has 0 spiro atoms. The van der Waals surface area contributed by atoms with E-state index in [-0.39, 0.29) is 31.6 Å². The van der Waals surface area contributed by atoms with Crippen LogP contribution in [0.15, 0.2) is 72.9 Å². The molecule has 6 nitrogen and oxygen atoms in total. The molecule has 64 heavy (non-hydrogen) atoms. The maximum Gasteiger partial charge on any atom is 0.306 e. The number of hydrogen-bond acceptors (Lipinski definition) is 6. The summed E-state index contributed by atoms with van der Waals surface area (Å²) in [5.74, 6) is -0.999. The fourth-order valence-electron chi connectivity index (χ4n) is 7.44. The quantitative estimate of drug-likeness (QED) is 0.0262. The van der Waals surface area contributed by atoms with Crippen molar-refractivity contribution in [3.63, 3.8) is 0 Å². The third-order valence-corrected chi connectivity index (χ3v) is 11.4. The van der Waals surface area contributed by atoms with Gasteiger partial charge in [-0.15, -0.1) is 0 Å². The Hall–Kier alpha value is -3.15. The van der Waals surface area contributed by atoms with Crippen molar-refractivity contribution in [2.75, 3.05) is 13.2 Å². The van der Waals surface area contributed by atoms with Gasteiger partial charge in [-0.25, -0.2) is 0 Å². The Balaban J connectivity index is 4.38. The Morgan fingerprint density at radius 1 is 0.328 bits per heavy atom. The smallest absolute Gasteiger partial charge is 0.306 e. The van der Waals surface area contributed by atoms with E-state index in [2.05, 4.69) is 81.5 Å². The first-order valence-electron chi connectivity index (χ1n) is 26.9. The van der Waals surface area contributed by atoms with E-state index < -0.39 is 12.1 Å². The zero-order chi connectivity index (χ0) is 46.5. The van der Waals surface area contributed by atoms with Gasteiger partial charge in [0.25, 0.3) is 0 Å². The zero-order valence-corrected chi connectivity index (χ0v) is 42.0. The minimum absolute atomic E-state index is 0.107. The molecule has 0 aromatic heterocycles. The van der Waals surface area contributed by atoms with Gasteiger partial charge >= 0.3 is 17.9 Å². The molecule has 0 saturated heterocycles. The van der Waals surface area contributed by atoms with Gasteiger partial charge in [-0.3, -0.25) is 14.4 Å². The molecule has 0 N–H and O–H groups in total. The van der Waals surface area contributed by atoms with Gasteiger partial charge in [-0.05, 0) is 70.6 Å². The number of carbonyl (C=O) groups is 3. The van der Waals surface area contributed by atoms with Crippen LogP contribution in [0.1, 0.15) is 258 Å². The maximum atomic E-state index is 12.7. The highest BCUT2D eigenvalue weighted by Gasteiger charge is 2.19. The molecule has 0 aromatic rings. The summed E-state index contributed by atoms with van der Waals surface area (Å²) >= 11 is 0. The minimum Gasteiger partial charge on any atom is -0.462 e. The molecule has 0 aromatic carbocycles. The Labute approximate surface area is 395 Å². The normalized spacial score (nSPS) is 12.6. The largest absolute Gasteiger partial charge is 0.462 e. The van der Waals surface area contributed by atoms with Crippen LogP contribution in [0.4, 0.5) is 0 Å². The van der Waals surface area contributed by atoms with Crippen LogP contribution in [-0.4, -0.2) is 37.2 Å². The average molecular weight is 893 g/mol. The van der Waals surface area contributed by atoms with Crippen LogP contribution in [0.25, 0.3) is 0 Å². The highest BCUT2D eigenvalue weighted by molar-refractivity contribution is 5.71. The monoisotopic (exact) mass is 893 g/mol. The summed E-state index contributed by atoms with van der Waals surface area (Å²) in [5.41, 5.74) is 0. The first-order valence-corrected chi connectivity index (χ1v) is 26.9. The number of unbranched alkanes of at least 4 members (excludes halogenated alkanes) is 25. The molecule has 1 unspecified atom stereocenters. The topological polar surface area (TPSA) is 78.9 Å². The van der Waals surface area contributed by atoms with E-state index in [1.807, 2.05) is 12.2 Å². The van der Waals surface area contributed by atoms with E-state index in [0.717, 1.165) is 96.3 Å². The molecule has 6 heteroatoms. The number of allylic oxidation sites excluding steroid dienone is 12. The predicted molar refractivity (Wildman–Crippen MR) is 274 cm³/mol. The van der Waals surface area contributed by atoms with Crippen molar-refractivity contribution < 1.29 is 28.6 Å². The van der Waals surface area contributed by atoms with Crippen molar-refractivity contribution in [3.05, 3.63) is 72.9 Å². The molecule has 1 atom stereocenters. The SMILES string of the molecule is CC/C=C\C/C=C\C/C=C\C/C=C\CCC(=O)OC(COC(=O)CCCCCCC/C=C\C/C=C\CCC)COC(=O)CCCCCCCCCCCCCCCCCCCCCC. The average Bonchev–Trinajstić information content (AvgIpc) is 3.29. The third-order valence-electron chi connectivity index (χ3n) is 11.4. The molecule has 0 amide bonds. The molecule has 0 saturated carbocycles. The van der Waals surface area contributed by atoms with Crippen LogP contribution in [0.5, 0.6) is 0 Å². The molecule has 0 aliphatic carbocycles. The second-order valence-corrected chi connectivity index (χ2v) is 17.8. The minimum atomic E-state index is -0.817. The standard InChI is InChI=1S/C58H100O6/c1-4-7-10-13-16-19-22-25-26-27-28-29-30-31-34-36-39-42-45-48-51-57(60)63-54-55(64-58(61)52-49-46-43-40-37-33-24-21-18-15-12-9-6-3)53-62-56(59)50-47-44-41-38-35-32-23-20-17-14-11-8-5-2/h9,11-12,14,18,20-21,23,33,37,43,46,55H,4-8,10,13,15-17,19,22,24-32,34-36,38-42,44-45,47-54H2,1-3H3/b12-9-,14-11-,21-18-,23-20-,37-33-,46-43-. The Kier molecular flexibility index (Phi) is 49.9. The van der Waals surface area contributed by atoms with Gasteiger partial charge < -0.3 is 14.2 Å². The molecule has 0 aliphatic rings. The Bertz CT molecular complexity index is 1210. The molecular formula is C58H100O6. The van der Waals surface area contributed by atoms with E-state index in [1.54, 1.807) is 0 Å². The molecule has 0 fully saturated rings. The fraction of sp³-hybridized carbons (Fsp3) is 0.741. The molecule has 368 valence electrons. The molecular weight excluding hydrogens is 793 g/mol. The van der Waals surface area contributed by atoms with E-state index in [9.17, 15) is 14.4 Å². The highest BCUT2D eigenvalue weighted by atomic mass is 16.6. The summed E-state index contributed by atoms with van der Waals surface area (Å²) in [6.07, 6.45) is 66.3. The van der Waals surface area contributed by atoms with Crippen LogP contribution in [0.2, 0.25) is 0 Å². The van der Waals surface area contributed by atoms with Crippen molar-refractivity contribution in [2.24, 2.45) is 0 Å². The summed E-state index contributed by atoms with van der Waals surface area (Å²) in [6, 6.07) is 0. The van der Waals surface area contributed by atoms with Crippen LogP contribution in [-0.2, 0) is 28.6 Å². The van der Waals surface area contributed by atoms with Crippen molar-refractivity contribution in [2.45, 2.75) is 264 Å². The summed E-state index contributed by atoms with van der Waals surface area (Å²) < 4.78 is 16.7. The van der Waals surface area contributed by atoms with Crippen LogP contribution in [0.3, 0.4) is 0 Å². The highest BCUT2D eigenvalue weighted by Crippen LogP contribution is 2.16.